The quantitative estimate of drug-likeness (QED) is 0.541. The van der Waals surface area contributed by atoms with E-state index in [1.807, 2.05) is 0 Å². The van der Waals surface area contributed by atoms with E-state index in [2.05, 4.69) is 10.6 Å². The zero-order valence-electron chi connectivity index (χ0n) is 11.6. The Morgan fingerprint density at radius 2 is 1.68 bits per heavy atom. The van der Waals surface area contributed by atoms with E-state index < -0.39 is 5.91 Å². The Morgan fingerprint density at radius 3 is 2.42 bits per heavy atom. The van der Waals surface area contributed by atoms with E-state index in [0.29, 0.717) is 13.1 Å². The van der Waals surface area contributed by atoms with E-state index in [0.717, 1.165) is 45.2 Å². The third-order valence-corrected chi connectivity index (χ3v) is 4.01. The molecule has 0 aromatic carbocycles. The summed E-state index contributed by atoms with van der Waals surface area (Å²) in [6, 6.07) is 0.198. The molecule has 0 aromatic heterocycles. The predicted octanol–water partition coefficient (Wildman–Crippen LogP) is 0.647. The predicted molar refractivity (Wildman–Crippen MR) is 73.7 cm³/mol. The molecule has 1 saturated carbocycles. The average Bonchev–Trinajstić information content (AvgIpc) is 2.82. The highest BCUT2D eigenvalue weighted by Gasteiger charge is 2.24. The molecule has 2 fully saturated rings. The summed E-state index contributed by atoms with van der Waals surface area (Å²) in [5, 5.41) is 6.16. The molecule has 2 amide bonds. The minimum Gasteiger partial charge on any atom is -0.345 e. The van der Waals surface area contributed by atoms with Crippen LogP contribution in [0.1, 0.15) is 44.9 Å². The fourth-order valence-electron chi connectivity index (χ4n) is 2.86. The molecule has 1 heterocycles. The fourth-order valence-corrected chi connectivity index (χ4v) is 2.86. The number of nitrogens with zero attached hydrogens (tertiary/aromatic N) is 1. The van der Waals surface area contributed by atoms with Gasteiger partial charge in [-0.3, -0.25) is 9.59 Å². The first-order valence-corrected chi connectivity index (χ1v) is 7.58. The summed E-state index contributed by atoms with van der Waals surface area (Å²) in [7, 11) is 0. The molecular formula is C14H25N3O2. The molecule has 108 valence electrons. The molecule has 5 nitrogen and oxygen atoms in total. The van der Waals surface area contributed by atoms with Gasteiger partial charge in [-0.05, 0) is 25.8 Å². The molecule has 19 heavy (non-hydrogen) atoms. The third-order valence-electron chi connectivity index (χ3n) is 4.01. The SMILES string of the molecule is O=C(NC1CCCCCC1)C(=O)N1CCCNCC1. The van der Waals surface area contributed by atoms with Crippen molar-refractivity contribution in [2.24, 2.45) is 0 Å². The second-order valence-corrected chi connectivity index (χ2v) is 5.56. The molecular weight excluding hydrogens is 242 g/mol. The lowest BCUT2D eigenvalue weighted by molar-refractivity contribution is -0.146. The van der Waals surface area contributed by atoms with E-state index in [-0.39, 0.29) is 11.9 Å². The van der Waals surface area contributed by atoms with Crippen LogP contribution in [0.25, 0.3) is 0 Å². The van der Waals surface area contributed by atoms with Gasteiger partial charge in [0.25, 0.3) is 0 Å². The zero-order valence-corrected chi connectivity index (χ0v) is 11.6. The van der Waals surface area contributed by atoms with Crippen LogP contribution < -0.4 is 10.6 Å². The second-order valence-electron chi connectivity index (χ2n) is 5.56. The lowest BCUT2D eigenvalue weighted by atomic mass is 10.1. The Bertz CT molecular complexity index is 304. The number of amides is 2. The van der Waals surface area contributed by atoms with E-state index in [4.69, 9.17) is 0 Å². The lowest BCUT2D eigenvalue weighted by Gasteiger charge is -2.21. The van der Waals surface area contributed by atoms with Crippen LogP contribution in [0.15, 0.2) is 0 Å². The monoisotopic (exact) mass is 267 g/mol. The molecule has 2 aliphatic rings. The molecule has 2 N–H and O–H groups in total. The molecule has 1 saturated heterocycles. The van der Waals surface area contributed by atoms with Crippen molar-refractivity contribution in [3.8, 4) is 0 Å². The van der Waals surface area contributed by atoms with Crippen molar-refractivity contribution < 1.29 is 9.59 Å². The van der Waals surface area contributed by atoms with Gasteiger partial charge in [-0.25, -0.2) is 0 Å². The Kier molecular flexibility index (Phi) is 5.63. The largest absolute Gasteiger partial charge is 0.345 e. The highest BCUT2D eigenvalue weighted by atomic mass is 16.2. The normalized spacial score (nSPS) is 22.4. The topological polar surface area (TPSA) is 61.4 Å². The number of rotatable bonds is 1. The summed E-state index contributed by atoms with van der Waals surface area (Å²) in [6.07, 6.45) is 7.76. The van der Waals surface area contributed by atoms with Gasteiger partial charge in [0, 0.05) is 25.7 Å². The molecule has 0 bridgehead atoms. The maximum absolute atomic E-state index is 12.1. The molecule has 2 rings (SSSR count). The van der Waals surface area contributed by atoms with Crippen LogP contribution in [0.2, 0.25) is 0 Å². The third kappa shape index (κ3) is 4.49. The summed E-state index contributed by atoms with van der Waals surface area (Å²) in [6.45, 7) is 3.03. The Balaban J connectivity index is 1.81. The molecule has 0 atom stereocenters. The van der Waals surface area contributed by atoms with Crippen molar-refractivity contribution in [2.75, 3.05) is 26.2 Å². The molecule has 5 heteroatoms. The van der Waals surface area contributed by atoms with Gasteiger partial charge in [0.2, 0.25) is 0 Å². The smallest absolute Gasteiger partial charge is 0.311 e. The molecule has 0 aromatic rings. The van der Waals surface area contributed by atoms with Crippen LogP contribution >= 0.6 is 0 Å². The van der Waals surface area contributed by atoms with Crippen LogP contribution in [0.5, 0.6) is 0 Å². The second kappa shape index (κ2) is 7.48. The van der Waals surface area contributed by atoms with E-state index in [1.54, 1.807) is 4.90 Å². The van der Waals surface area contributed by atoms with Gasteiger partial charge in [0.15, 0.2) is 0 Å². The van der Waals surface area contributed by atoms with Crippen LogP contribution in [0.3, 0.4) is 0 Å². The summed E-state index contributed by atoms with van der Waals surface area (Å²) in [5.74, 6) is -0.762. The summed E-state index contributed by atoms with van der Waals surface area (Å²) >= 11 is 0. The van der Waals surface area contributed by atoms with E-state index in [1.165, 1.54) is 12.8 Å². The molecule has 0 spiro atoms. The molecule has 0 unspecified atom stereocenters. The Morgan fingerprint density at radius 1 is 0.947 bits per heavy atom. The fraction of sp³-hybridized carbons (Fsp3) is 0.857. The first-order chi connectivity index (χ1) is 9.27. The Labute approximate surface area is 115 Å². The number of carbonyl (C=O) groups excluding carboxylic acids is 2. The van der Waals surface area contributed by atoms with Gasteiger partial charge in [0.1, 0.15) is 0 Å². The van der Waals surface area contributed by atoms with Gasteiger partial charge in [-0.15, -0.1) is 0 Å². The van der Waals surface area contributed by atoms with Gasteiger partial charge in [-0.1, -0.05) is 25.7 Å². The van der Waals surface area contributed by atoms with E-state index in [9.17, 15) is 9.59 Å². The number of hydrogen-bond acceptors (Lipinski definition) is 3. The maximum atomic E-state index is 12.1. The van der Waals surface area contributed by atoms with Crippen molar-refractivity contribution >= 4 is 11.8 Å². The van der Waals surface area contributed by atoms with E-state index >= 15 is 0 Å². The van der Waals surface area contributed by atoms with Crippen LogP contribution in [-0.4, -0.2) is 48.9 Å². The van der Waals surface area contributed by atoms with Crippen LogP contribution in [-0.2, 0) is 9.59 Å². The van der Waals surface area contributed by atoms with Crippen molar-refractivity contribution in [3.05, 3.63) is 0 Å². The van der Waals surface area contributed by atoms with Gasteiger partial charge < -0.3 is 15.5 Å². The van der Waals surface area contributed by atoms with Crippen molar-refractivity contribution in [1.29, 1.82) is 0 Å². The summed E-state index contributed by atoms with van der Waals surface area (Å²) in [5.41, 5.74) is 0. The van der Waals surface area contributed by atoms with Gasteiger partial charge in [-0.2, -0.15) is 0 Å². The van der Waals surface area contributed by atoms with Crippen LogP contribution in [0, 0.1) is 0 Å². The average molecular weight is 267 g/mol. The molecule has 1 aliphatic carbocycles. The maximum Gasteiger partial charge on any atom is 0.311 e. The van der Waals surface area contributed by atoms with Crippen molar-refractivity contribution in [2.45, 2.75) is 51.0 Å². The highest BCUT2D eigenvalue weighted by Crippen LogP contribution is 2.17. The highest BCUT2D eigenvalue weighted by molar-refractivity contribution is 6.35. The minimum absolute atomic E-state index is 0.198. The lowest BCUT2D eigenvalue weighted by Crippen LogP contribution is -2.47. The van der Waals surface area contributed by atoms with Crippen molar-refractivity contribution in [3.63, 3.8) is 0 Å². The van der Waals surface area contributed by atoms with Gasteiger partial charge in [0.05, 0.1) is 0 Å². The first-order valence-electron chi connectivity index (χ1n) is 7.58. The standard InChI is InChI=1S/C14H25N3O2/c18-13(16-12-6-3-1-2-4-7-12)14(19)17-10-5-8-15-9-11-17/h12,15H,1-11H2,(H,16,18). The number of hydrogen-bond donors (Lipinski definition) is 2. The van der Waals surface area contributed by atoms with Crippen LogP contribution in [0.4, 0.5) is 0 Å². The number of nitrogens with one attached hydrogen (secondary N) is 2. The summed E-state index contributed by atoms with van der Waals surface area (Å²) in [4.78, 5) is 25.8. The number of carbonyl (C=O) groups is 2. The molecule has 0 radical (unpaired) electrons. The van der Waals surface area contributed by atoms with Crippen molar-refractivity contribution in [1.82, 2.24) is 15.5 Å². The molecule has 1 aliphatic heterocycles. The summed E-state index contributed by atoms with van der Waals surface area (Å²) < 4.78 is 0. The first kappa shape index (κ1) is 14.3. The Hall–Kier alpha value is -1.10. The van der Waals surface area contributed by atoms with Gasteiger partial charge >= 0.3 is 11.8 Å². The minimum atomic E-state index is -0.409. The zero-order chi connectivity index (χ0) is 13.5.